The zero-order valence-electron chi connectivity index (χ0n) is 19.6. The third kappa shape index (κ3) is 13.0. The van der Waals surface area contributed by atoms with Crippen LogP contribution in [0.15, 0.2) is 0 Å². The molecule has 0 amide bonds. The van der Waals surface area contributed by atoms with E-state index in [0.29, 0.717) is 12.2 Å². The van der Waals surface area contributed by atoms with Crippen molar-refractivity contribution in [1.29, 1.82) is 0 Å². The summed E-state index contributed by atoms with van der Waals surface area (Å²) in [5.74, 6) is 0.724. The van der Waals surface area contributed by atoms with E-state index in [2.05, 4.69) is 11.9 Å². The van der Waals surface area contributed by atoms with Crippen molar-refractivity contribution < 1.29 is 20.1 Å². The van der Waals surface area contributed by atoms with Crippen molar-refractivity contribution in [3.05, 3.63) is 0 Å². The standard InChI is InChI=1S/C25H49NO4/c1-26-19-14-23(15-20-26)24(29)13-7-6-10-18-25(30,16-8-2-4-11-21-27)17-9-3-5-12-22-28/h23,27-28,30H,2-22H2,1H3. The van der Waals surface area contributed by atoms with Crippen LogP contribution in [0, 0.1) is 5.92 Å². The quantitative estimate of drug-likeness (QED) is 0.265. The molecular weight excluding hydrogens is 378 g/mol. The number of rotatable bonds is 19. The summed E-state index contributed by atoms with van der Waals surface area (Å²) in [6.45, 7) is 2.59. The van der Waals surface area contributed by atoms with Crippen LogP contribution in [0.1, 0.15) is 109 Å². The van der Waals surface area contributed by atoms with Crippen LogP contribution in [0.5, 0.6) is 0 Å². The number of carbonyl (C=O) groups excluding carboxylic acids is 1. The normalized spacial score (nSPS) is 16.3. The van der Waals surface area contributed by atoms with Crippen molar-refractivity contribution >= 4 is 5.78 Å². The number of hydrogen-bond donors (Lipinski definition) is 3. The van der Waals surface area contributed by atoms with Gasteiger partial charge in [0.15, 0.2) is 0 Å². The molecule has 30 heavy (non-hydrogen) atoms. The summed E-state index contributed by atoms with van der Waals surface area (Å²) >= 11 is 0. The smallest absolute Gasteiger partial charge is 0.136 e. The van der Waals surface area contributed by atoms with Crippen LogP contribution in [0.3, 0.4) is 0 Å². The van der Waals surface area contributed by atoms with E-state index in [0.717, 1.165) is 116 Å². The fourth-order valence-electron chi connectivity index (χ4n) is 4.68. The third-order valence-electron chi connectivity index (χ3n) is 6.84. The summed E-state index contributed by atoms with van der Waals surface area (Å²) in [7, 11) is 2.13. The van der Waals surface area contributed by atoms with Gasteiger partial charge in [-0.2, -0.15) is 0 Å². The van der Waals surface area contributed by atoms with E-state index in [1.54, 1.807) is 0 Å². The van der Waals surface area contributed by atoms with Crippen LogP contribution in [0.25, 0.3) is 0 Å². The van der Waals surface area contributed by atoms with Crippen molar-refractivity contribution in [2.24, 2.45) is 5.92 Å². The van der Waals surface area contributed by atoms with Crippen molar-refractivity contribution in [3.8, 4) is 0 Å². The molecule has 0 bridgehead atoms. The minimum Gasteiger partial charge on any atom is -0.396 e. The molecular formula is C25H49NO4. The Bertz CT molecular complexity index is 407. The number of ketones is 1. The highest BCUT2D eigenvalue weighted by Gasteiger charge is 2.26. The SMILES string of the molecule is CN1CCC(C(=O)CCCCCC(O)(CCCCCCO)CCCCCCO)CC1. The Labute approximate surface area is 185 Å². The first-order valence-corrected chi connectivity index (χ1v) is 12.7. The molecule has 0 aliphatic carbocycles. The van der Waals surface area contributed by atoms with Gasteiger partial charge in [-0.15, -0.1) is 0 Å². The van der Waals surface area contributed by atoms with Gasteiger partial charge in [0.2, 0.25) is 0 Å². The number of aliphatic hydroxyl groups is 3. The molecule has 178 valence electrons. The molecule has 1 rings (SSSR count). The maximum Gasteiger partial charge on any atom is 0.136 e. The lowest BCUT2D eigenvalue weighted by Gasteiger charge is -2.29. The van der Waals surface area contributed by atoms with Crippen molar-refractivity contribution in [3.63, 3.8) is 0 Å². The monoisotopic (exact) mass is 427 g/mol. The molecule has 5 nitrogen and oxygen atoms in total. The van der Waals surface area contributed by atoms with Gasteiger partial charge >= 0.3 is 0 Å². The Kier molecular flexibility index (Phi) is 15.7. The van der Waals surface area contributed by atoms with Gasteiger partial charge in [0.1, 0.15) is 5.78 Å². The van der Waals surface area contributed by atoms with Gasteiger partial charge in [0.25, 0.3) is 0 Å². The summed E-state index contributed by atoms with van der Waals surface area (Å²) in [5.41, 5.74) is -0.587. The van der Waals surface area contributed by atoms with Gasteiger partial charge in [-0.25, -0.2) is 0 Å². The first kappa shape index (κ1) is 27.5. The molecule has 1 fully saturated rings. The average molecular weight is 428 g/mol. The van der Waals surface area contributed by atoms with Crippen molar-refractivity contribution in [1.82, 2.24) is 4.90 Å². The highest BCUT2D eigenvalue weighted by Crippen LogP contribution is 2.29. The molecule has 1 saturated heterocycles. The lowest BCUT2D eigenvalue weighted by atomic mass is 9.84. The molecule has 1 aliphatic heterocycles. The molecule has 0 unspecified atom stereocenters. The number of nitrogens with zero attached hydrogens (tertiary/aromatic N) is 1. The van der Waals surface area contributed by atoms with E-state index in [1.165, 1.54) is 0 Å². The van der Waals surface area contributed by atoms with Crippen LogP contribution in [0.2, 0.25) is 0 Å². The first-order valence-electron chi connectivity index (χ1n) is 12.7. The summed E-state index contributed by atoms with van der Waals surface area (Å²) in [5, 5.41) is 29.0. The minimum atomic E-state index is -0.587. The van der Waals surface area contributed by atoms with Crippen LogP contribution < -0.4 is 0 Å². The Morgan fingerprint density at radius 1 is 0.767 bits per heavy atom. The molecule has 0 atom stereocenters. The molecule has 5 heteroatoms. The van der Waals surface area contributed by atoms with Gasteiger partial charge in [0, 0.05) is 25.6 Å². The molecule has 0 aromatic heterocycles. The number of likely N-dealkylation sites (tertiary alicyclic amines) is 1. The highest BCUT2D eigenvalue weighted by atomic mass is 16.3. The fourth-order valence-corrected chi connectivity index (χ4v) is 4.68. The fraction of sp³-hybridized carbons (Fsp3) is 0.960. The highest BCUT2D eigenvalue weighted by molar-refractivity contribution is 5.81. The Hall–Kier alpha value is -0.490. The molecule has 1 heterocycles. The lowest BCUT2D eigenvalue weighted by molar-refractivity contribution is -0.124. The van der Waals surface area contributed by atoms with E-state index in [9.17, 15) is 9.90 Å². The Morgan fingerprint density at radius 2 is 1.20 bits per heavy atom. The number of aliphatic hydroxyl groups excluding tert-OH is 2. The van der Waals surface area contributed by atoms with E-state index < -0.39 is 5.60 Å². The Morgan fingerprint density at radius 3 is 1.67 bits per heavy atom. The topological polar surface area (TPSA) is 81.0 Å². The minimum absolute atomic E-state index is 0.255. The van der Waals surface area contributed by atoms with E-state index >= 15 is 0 Å². The molecule has 1 aliphatic rings. The molecule has 0 saturated carbocycles. The van der Waals surface area contributed by atoms with Crippen LogP contribution in [0.4, 0.5) is 0 Å². The van der Waals surface area contributed by atoms with Gasteiger partial charge < -0.3 is 20.2 Å². The molecule has 0 aromatic rings. The predicted octanol–water partition coefficient (Wildman–Crippen LogP) is 4.46. The van der Waals surface area contributed by atoms with Crippen LogP contribution >= 0.6 is 0 Å². The number of hydrogen-bond acceptors (Lipinski definition) is 5. The zero-order valence-corrected chi connectivity index (χ0v) is 19.6. The van der Waals surface area contributed by atoms with Gasteiger partial charge in [0.05, 0.1) is 5.60 Å². The zero-order chi connectivity index (χ0) is 22.1. The van der Waals surface area contributed by atoms with Gasteiger partial charge in [-0.3, -0.25) is 4.79 Å². The maximum absolute atomic E-state index is 12.4. The lowest BCUT2D eigenvalue weighted by Crippen LogP contribution is -2.33. The Balaban J connectivity index is 2.26. The summed E-state index contributed by atoms with van der Waals surface area (Å²) in [6, 6.07) is 0. The van der Waals surface area contributed by atoms with Gasteiger partial charge in [-0.05, 0) is 71.5 Å². The average Bonchev–Trinajstić information content (AvgIpc) is 2.73. The van der Waals surface area contributed by atoms with Crippen LogP contribution in [-0.2, 0) is 4.79 Å². The first-order chi connectivity index (χ1) is 14.5. The second kappa shape index (κ2) is 17.1. The molecule has 0 radical (unpaired) electrons. The molecule has 3 N–H and O–H groups in total. The predicted molar refractivity (Wildman–Crippen MR) is 124 cm³/mol. The second-order valence-corrected chi connectivity index (χ2v) is 9.60. The van der Waals surface area contributed by atoms with Crippen molar-refractivity contribution in [2.75, 3.05) is 33.4 Å². The van der Waals surface area contributed by atoms with E-state index in [-0.39, 0.29) is 19.1 Å². The van der Waals surface area contributed by atoms with E-state index in [4.69, 9.17) is 10.2 Å². The van der Waals surface area contributed by atoms with Crippen LogP contribution in [-0.4, -0.2) is 65.0 Å². The summed E-state index contributed by atoms with van der Waals surface area (Å²) < 4.78 is 0. The summed E-state index contributed by atoms with van der Waals surface area (Å²) in [4.78, 5) is 14.7. The summed E-state index contributed by atoms with van der Waals surface area (Å²) in [6.07, 6.45) is 16.1. The number of Topliss-reactive ketones (excluding diaryl/α,β-unsaturated/α-hetero) is 1. The molecule has 0 aromatic carbocycles. The largest absolute Gasteiger partial charge is 0.396 e. The molecule has 0 spiro atoms. The van der Waals surface area contributed by atoms with E-state index in [1.807, 2.05) is 0 Å². The maximum atomic E-state index is 12.4. The number of piperidine rings is 1. The number of carbonyl (C=O) groups is 1. The number of unbranched alkanes of at least 4 members (excludes halogenated alkanes) is 8. The van der Waals surface area contributed by atoms with Gasteiger partial charge in [-0.1, -0.05) is 51.4 Å². The van der Waals surface area contributed by atoms with Crippen molar-refractivity contribution in [2.45, 2.75) is 115 Å². The second-order valence-electron chi connectivity index (χ2n) is 9.60. The third-order valence-corrected chi connectivity index (χ3v) is 6.84.